The number of likely N-dealkylation sites (tertiary alicyclic amines) is 1. The molecule has 1 aromatic carbocycles. The van der Waals surface area contributed by atoms with Gasteiger partial charge in [0.25, 0.3) is 0 Å². The standard InChI is InChI=1S/C18H25N3O/c19-15-10-21(9-14(15)11-4-2-1-3-5-11)18(22)16-12-6-7-13(8-12)17(16)20/h1-5,12-17H,6-10,19-20H2/t12?,13?,14-,15+,16?,17?/m0/s1. The average Bonchev–Trinajstić information content (AvgIpc) is 3.22. The van der Waals surface area contributed by atoms with Crippen molar-refractivity contribution in [2.45, 2.75) is 37.3 Å². The molecule has 4 unspecified atom stereocenters. The Labute approximate surface area is 131 Å². The van der Waals surface area contributed by atoms with Crippen molar-refractivity contribution in [2.24, 2.45) is 29.2 Å². The summed E-state index contributed by atoms with van der Waals surface area (Å²) < 4.78 is 0. The van der Waals surface area contributed by atoms with Gasteiger partial charge in [-0.3, -0.25) is 4.79 Å². The Morgan fingerprint density at radius 1 is 1.05 bits per heavy atom. The molecule has 4 nitrogen and oxygen atoms in total. The van der Waals surface area contributed by atoms with E-state index in [0.717, 1.165) is 13.0 Å². The van der Waals surface area contributed by atoms with Gasteiger partial charge in [0, 0.05) is 31.1 Å². The fourth-order valence-electron chi connectivity index (χ4n) is 4.97. The maximum absolute atomic E-state index is 13.0. The normalized spacial score (nSPS) is 40.4. The number of carbonyl (C=O) groups is 1. The number of rotatable bonds is 2. The number of carbonyl (C=O) groups excluding carboxylic acids is 1. The minimum absolute atomic E-state index is 0.0289. The van der Waals surface area contributed by atoms with Crippen LogP contribution in [0.2, 0.25) is 0 Å². The second-order valence-corrected chi connectivity index (χ2v) is 7.36. The SMILES string of the molecule is NC1C2CCC(C2)C1C(=O)N1C[C@@H](N)[C@H](c2ccccc2)C1. The van der Waals surface area contributed by atoms with E-state index in [1.807, 2.05) is 23.1 Å². The molecule has 6 atom stereocenters. The molecule has 0 aromatic heterocycles. The molecule has 4 N–H and O–H groups in total. The minimum Gasteiger partial charge on any atom is -0.340 e. The second-order valence-electron chi connectivity index (χ2n) is 7.36. The molecule has 118 valence electrons. The Balaban J connectivity index is 1.49. The van der Waals surface area contributed by atoms with Crippen molar-refractivity contribution in [1.29, 1.82) is 0 Å². The Kier molecular flexibility index (Phi) is 3.46. The van der Waals surface area contributed by atoms with Gasteiger partial charge < -0.3 is 16.4 Å². The van der Waals surface area contributed by atoms with Crippen molar-refractivity contribution in [1.82, 2.24) is 4.90 Å². The van der Waals surface area contributed by atoms with Gasteiger partial charge >= 0.3 is 0 Å². The summed E-state index contributed by atoms with van der Waals surface area (Å²) in [6, 6.07) is 10.4. The van der Waals surface area contributed by atoms with Crippen LogP contribution in [0.3, 0.4) is 0 Å². The highest BCUT2D eigenvalue weighted by molar-refractivity contribution is 5.81. The number of hydrogen-bond donors (Lipinski definition) is 2. The van der Waals surface area contributed by atoms with E-state index in [9.17, 15) is 4.79 Å². The number of nitrogens with zero attached hydrogens (tertiary/aromatic N) is 1. The molecule has 1 amide bonds. The highest BCUT2D eigenvalue weighted by Crippen LogP contribution is 2.48. The summed E-state index contributed by atoms with van der Waals surface area (Å²) in [6.07, 6.45) is 3.54. The Morgan fingerprint density at radius 2 is 1.77 bits per heavy atom. The molecule has 0 radical (unpaired) electrons. The predicted molar refractivity (Wildman–Crippen MR) is 86.0 cm³/mol. The van der Waals surface area contributed by atoms with Gasteiger partial charge in [-0.05, 0) is 36.7 Å². The summed E-state index contributed by atoms with van der Waals surface area (Å²) in [6.45, 7) is 1.41. The second kappa shape index (κ2) is 5.36. The van der Waals surface area contributed by atoms with Crippen LogP contribution >= 0.6 is 0 Å². The molecular formula is C18H25N3O. The van der Waals surface area contributed by atoms with Crippen LogP contribution in [0.25, 0.3) is 0 Å². The molecule has 3 aliphatic rings. The summed E-state index contributed by atoms with van der Waals surface area (Å²) in [5, 5.41) is 0. The summed E-state index contributed by atoms with van der Waals surface area (Å²) in [7, 11) is 0. The molecular weight excluding hydrogens is 274 g/mol. The Hall–Kier alpha value is -1.39. The summed E-state index contributed by atoms with van der Waals surface area (Å²) in [4.78, 5) is 14.9. The largest absolute Gasteiger partial charge is 0.340 e. The Morgan fingerprint density at radius 3 is 2.45 bits per heavy atom. The lowest BCUT2D eigenvalue weighted by Crippen LogP contribution is -2.46. The van der Waals surface area contributed by atoms with Crippen molar-refractivity contribution >= 4 is 5.91 Å². The Bertz CT molecular complexity index is 559. The fourth-order valence-corrected chi connectivity index (χ4v) is 4.97. The van der Waals surface area contributed by atoms with E-state index in [1.54, 1.807) is 0 Å². The van der Waals surface area contributed by atoms with E-state index >= 15 is 0 Å². The zero-order valence-corrected chi connectivity index (χ0v) is 12.9. The van der Waals surface area contributed by atoms with E-state index in [2.05, 4.69) is 12.1 Å². The zero-order chi connectivity index (χ0) is 15.3. The summed E-state index contributed by atoms with van der Waals surface area (Å²) in [5.41, 5.74) is 13.9. The monoisotopic (exact) mass is 299 g/mol. The van der Waals surface area contributed by atoms with E-state index in [1.165, 1.54) is 18.4 Å². The fraction of sp³-hybridized carbons (Fsp3) is 0.611. The molecule has 1 saturated heterocycles. The van der Waals surface area contributed by atoms with Crippen molar-refractivity contribution in [3.63, 3.8) is 0 Å². The number of hydrogen-bond acceptors (Lipinski definition) is 3. The molecule has 1 aromatic rings. The van der Waals surface area contributed by atoms with Crippen molar-refractivity contribution < 1.29 is 4.79 Å². The number of amides is 1. The van der Waals surface area contributed by atoms with Crippen LogP contribution in [-0.4, -0.2) is 36.0 Å². The molecule has 2 bridgehead atoms. The van der Waals surface area contributed by atoms with Gasteiger partial charge in [-0.1, -0.05) is 30.3 Å². The van der Waals surface area contributed by atoms with Gasteiger partial charge in [-0.25, -0.2) is 0 Å². The lowest BCUT2D eigenvalue weighted by molar-refractivity contribution is -0.136. The minimum atomic E-state index is 0.0289. The number of fused-ring (bicyclic) bond motifs is 2. The van der Waals surface area contributed by atoms with Gasteiger partial charge in [-0.2, -0.15) is 0 Å². The molecule has 1 aliphatic heterocycles. The maximum atomic E-state index is 13.0. The van der Waals surface area contributed by atoms with Crippen molar-refractivity contribution in [3.8, 4) is 0 Å². The summed E-state index contributed by atoms with van der Waals surface area (Å²) in [5.74, 6) is 1.63. The number of nitrogens with two attached hydrogens (primary N) is 2. The quantitative estimate of drug-likeness (QED) is 0.865. The third-order valence-corrected chi connectivity index (χ3v) is 6.17. The smallest absolute Gasteiger partial charge is 0.227 e. The lowest BCUT2D eigenvalue weighted by atomic mass is 9.84. The molecule has 1 heterocycles. The first-order valence-electron chi connectivity index (χ1n) is 8.50. The molecule has 4 heteroatoms. The van der Waals surface area contributed by atoms with Gasteiger partial charge in [0.15, 0.2) is 0 Å². The molecule has 0 spiro atoms. The van der Waals surface area contributed by atoms with E-state index in [-0.39, 0.29) is 29.8 Å². The molecule has 2 aliphatic carbocycles. The highest BCUT2D eigenvalue weighted by atomic mass is 16.2. The van der Waals surface area contributed by atoms with Gasteiger partial charge in [-0.15, -0.1) is 0 Å². The number of benzene rings is 1. The highest BCUT2D eigenvalue weighted by Gasteiger charge is 2.51. The van der Waals surface area contributed by atoms with Gasteiger partial charge in [0.05, 0.1) is 5.92 Å². The van der Waals surface area contributed by atoms with Crippen LogP contribution in [0.4, 0.5) is 0 Å². The summed E-state index contributed by atoms with van der Waals surface area (Å²) >= 11 is 0. The zero-order valence-electron chi connectivity index (χ0n) is 12.9. The average molecular weight is 299 g/mol. The van der Waals surface area contributed by atoms with Crippen LogP contribution in [0, 0.1) is 17.8 Å². The molecule has 2 saturated carbocycles. The molecule has 4 rings (SSSR count). The van der Waals surface area contributed by atoms with Crippen molar-refractivity contribution in [2.75, 3.05) is 13.1 Å². The van der Waals surface area contributed by atoms with Gasteiger partial charge in [0.2, 0.25) is 5.91 Å². The van der Waals surface area contributed by atoms with Crippen molar-refractivity contribution in [3.05, 3.63) is 35.9 Å². The van der Waals surface area contributed by atoms with Crippen LogP contribution < -0.4 is 11.5 Å². The van der Waals surface area contributed by atoms with E-state index < -0.39 is 0 Å². The third kappa shape index (κ3) is 2.17. The lowest BCUT2D eigenvalue weighted by Gasteiger charge is -2.30. The maximum Gasteiger partial charge on any atom is 0.227 e. The first kappa shape index (κ1) is 14.2. The topological polar surface area (TPSA) is 72.4 Å². The van der Waals surface area contributed by atoms with Crippen LogP contribution in [0.1, 0.15) is 30.7 Å². The molecule has 22 heavy (non-hydrogen) atoms. The van der Waals surface area contributed by atoms with E-state index in [4.69, 9.17) is 11.5 Å². The van der Waals surface area contributed by atoms with Crippen LogP contribution in [-0.2, 0) is 4.79 Å². The van der Waals surface area contributed by atoms with Crippen LogP contribution in [0.15, 0.2) is 30.3 Å². The van der Waals surface area contributed by atoms with Crippen LogP contribution in [0.5, 0.6) is 0 Å². The first-order chi connectivity index (χ1) is 10.6. The molecule has 3 fully saturated rings. The first-order valence-corrected chi connectivity index (χ1v) is 8.50. The van der Waals surface area contributed by atoms with Gasteiger partial charge in [0.1, 0.15) is 0 Å². The third-order valence-electron chi connectivity index (χ3n) is 6.17. The van der Waals surface area contributed by atoms with E-state index in [0.29, 0.717) is 18.4 Å². The predicted octanol–water partition coefficient (Wildman–Crippen LogP) is 1.31.